The Kier molecular flexibility index (Phi) is 5.23. The van der Waals surface area contributed by atoms with Crippen LogP contribution < -0.4 is 11.1 Å². The van der Waals surface area contributed by atoms with E-state index in [1.54, 1.807) is 7.05 Å². The van der Waals surface area contributed by atoms with Crippen molar-refractivity contribution in [3.8, 4) is 0 Å². The molecule has 0 rings (SSSR count). The Morgan fingerprint density at radius 2 is 2.07 bits per heavy atom. The van der Waals surface area contributed by atoms with Crippen LogP contribution in [0.15, 0.2) is 0 Å². The fourth-order valence-corrected chi connectivity index (χ4v) is 0.618. The standard InChI is InChI=1S/C7H14N4O3/c1-10-3-5(12)14-6(13)4-11(2)7(8)9/h10H,3-4H2,1-2H3,(H3,8,9). The van der Waals surface area contributed by atoms with Gasteiger partial charge in [0, 0.05) is 7.05 Å². The van der Waals surface area contributed by atoms with Crippen LogP contribution >= 0.6 is 0 Å². The van der Waals surface area contributed by atoms with Gasteiger partial charge in [-0.15, -0.1) is 0 Å². The first-order chi connectivity index (χ1) is 6.47. The number of ether oxygens (including phenoxy) is 1. The Labute approximate surface area is 81.7 Å². The molecule has 0 amide bonds. The van der Waals surface area contributed by atoms with Gasteiger partial charge in [-0.2, -0.15) is 0 Å². The second kappa shape index (κ2) is 5.92. The van der Waals surface area contributed by atoms with Gasteiger partial charge in [0.05, 0.1) is 6.54 Å². The van der Waals surface area contributed by atoms with Crippen molar-refractivity contribution in [3.05, 3.63) is 0 Å². The van der Waals surface area contributed by atoms with E-state index >= 15 is 0 Å². The smallest absolute Gasteiger partial charge is 0.333 e. The van der Waals surface area contributed by atoms with E-state index in [1.165, 1.54) is 7.05 Å². The Morgan fingerprint density at radius 3 is 2.50 bits per heavy atom. The molecule has 0 aromatic carbocycles. The summed E-state index contributed by atoms with van der Waals surface area (Å²) in [6.45, 7) is -0.250. The number of hydrogen-bond acceptors (Lipinski definition) is 5. The van der Waals surface area contributed by atoms with Gasteiger partial charge in [-0.3, -0.25) is 10.2 Å². The van der Waals surface area contributed by atoms with Gasteiger partial charge < -0.3 is 20.7 Å². The highest BCUT2D eigenvalue weighted by atomic mass is 16.6. The Balaban J connectivity index is 3.86. The number of rotatable bonds is 4. The molecule has 0 atom stereocenters. The lowest BCUT2D eigenvalue weighted by molar-refractivity contribution is -0.158. The van der Waals surface area contributed by atoms with Crippen molar-refractivity contribution in [1.29, 1.82) is 5.41 Å². The predicted octanol–water partition coefficient (Wildman–Crippen LogP) is -1.90. The summed E-state index contributed by atoms with van der Waals surface area (Å²) in [5, 5.41) is 9.50. The third-order valence-electron chi connectivity index (χ3n) is 1.33. The van der Waals surface area contributed by atoms with Crippen molar-refractivity contribution >= 4 is 17.9 Å². The normalized spacial score (nSPS) is 9.29. The van der Waals surface area contributed by atoms with Gasteiger partial charge in [-0.25, -0.2) is 4.79 Å². The van der Waals surface area contributed by atoms with E-state index in [-0.39, 0.29) is 19.0 Å². The minimum absolute atomic E-state index is 0.0322. The summed E-state index contributed by atoms with van der Waals surface area (Å²) in [5.41, 5.74) is 5.08. The Hall–Kier alpha value is -1.63. The maximum Gasteiger partial charge on any atom is 0.333 e. The SMILES string of the molecule is CNCC(=O)OC(=O)CN(C)C(=N)N. The molecule has 0 spiro atoms. The second-order valence-electron chi connectivity index (χ2n) is 2.62. The van der Waals surface area contributed by atoms with E-state index in [9.17, 15) is 9.59 Å². The average Bonchev–Trinajstić information content (AvgIpc) is 2.03. The van der Waals surface area contributed by atoms with Gasteiger partial charge in [0.1, 0.15) is 6.54 Å². The highest BCUT2D eigenvalue weighted by Gasteiger charge is 2.12. The molecule has 14 heavy (non-hydrogen) atoms. The summed E-state index contributed by atoms with van der Waals surface area (Å²) >= 11 is 0. The number of esters is 2. The highest BCUT2D eigenvalue weighted by molar-refractivity contribution is 5.89. The molecule has 0 aromatic heterocycles. The van der Waals surface area contributed by atoms with Gasteiger partial charge in [0.2, 0.25) is 0 Å². The van der Waals surface area contributed by atoms with Crippen molar-refractivity contribution in [2.75, 3.05) is 27.2 Å². The first-order valence-electron chi connectivity index (χ1n) is 3.90. The van der Waals surface area contributed by atoms with Crippen LogP contribution in [0.4, 0.5) is 0 Å². The maximum absolute atomic E-state index is 11.0. The van der Waals surface area contributed by atoms with Gasteiger partial charge >= 0.3 is 11.9 Å². The summed E-state index contributed by atoms with van der Waals surface area (Å²) in [5.74, 6) is -1.65. The summed E-state index contributed by atoms with van der Waals surface area (Å²) in [4.78, 5) is 22.9. The molecule has 7 heteroatoms. The second-order valence-corrected chi connectivity index (χ2v) is 2.62. The number of nitrogens with zero attached hydrogens (tertiary/aromatic N) is 1. The Bertz CT molecular complexity index is 241. The molecular formula is C7H14N4O3. The van der Waals surface area contributed by atoms with Crippen LogP contribution in [-0.2, 0) is 14.3 Å². The molecule has 0 aliphatic carbocycles. The highest BCUT2D eigenvalue weighted by Crippen LogP contribution is 1.85. The number of likely N-dealkylation sites (N-methyl/N-ethyl adjacent to an activating group) is 2. The van der Waals surface area contributed by atoms with Crippen molar-refractivity contribution < 1.29 is 14.3 Å². The van der Waals surface area contributed by atoms with Crippen molar-refractivity contribution in [3.63, 3.8) is 0 Å². The van der Waals surface area contributed by atoms with E-state index in [0.29, 0.717) is 0 Å². The maximum atomic E-state index is 11.0. The molecule has 0 radical (unpaired) electrons. The lowest BCUT2D eigenvalue weighted by Gasteiger charge is -2.14. The zero-order chi connectivity index (χ0) is 11.1. The topological polar surface area (TPSA) is 109 Å². The van der Waals surface area contributed by atoms with Gasteiger partial charge in [0.25, 0.3) is 0 Å². The van der Waals surface area contributed by atoms with Crippen LogP contribution in [0.2, 0.25) is 0 Å². The molecule has 0 aromatic rings. The van der Waals surface area contributed by atoms with E-state index in [0.717, 1.165) is 4.90 Å². The molecule has 7 nitrogen and oxygen atoms in total. The lowest BCUT2D eigenvalue weighted by Crippen LogP contribution is -2.38. The summed E-state index contributed by atoms with van der Waals surface area (Å²) < 4.78 is 4.38. The first-order valence-corrected chi connectivity index (χ1v) is 3.90. The largest absolute Gasteiger partial charge is 0.391 e. The molecule has 4 N–H and O–H groups in total. The average molecular weight is 202 g/mol. The van der Waals surface area contributed by atoms with Gasteiger partial charge in [-0.05, 0) is 7.05 Å². The lowest BCUT2D eigenvalue weighted by atomic mass is 10.5. The minimum Gasteiger partial charge on any atom is -0.391 e. The third-order valence-corrected chi connectivity index (χ3v) is 1.33. The van der Waals surface area contributed by atoms with E-state index in [2.05, 4.69) is 10.1 Å². The zero-order valence-electron chi connectivity index (χ0n) is 8.16. The number of nitrogens with one attached hydrogen (secondary N) is 2. The molecule has 0 aliphatic rings. The van der Waals surface area contributed by atoms with Crippen molar-refractivity contribution in [2.45, 2.75) is 0 Å². The van der Waals surface area contributed by atoms with Crippen LogP contribution in [0.5, 0.6) is 0 Å². The first kappa shape index (κ1) is 12.4. The minimum atomic E-state index is -0.733. The molecule has 0 unspecified atom stereocenters. The number of carbonyl (C=O) groups excluding carboxylic acids is 2. The molecule has 0 heterocycles. The van der Waals surface area contributed by atoms with Crippen molar-refractivity contribution in [2.24, 2.45) is 5.73 Å². The molecular weight excluding hydrogens is 188 g/mol. The van der Waals surface area contributed by atoms with Crippen molar-refractivity contribution in [1.82, 2.24) is 10.2 Å². The van der Waals surface area contributed by atoms with Crippen LogP contribution in [0.25, 0.3) is 0 Å². The predicted molar refractivity (Wildman–Crippen MR) is 49.6 cm³/mol. The fraction of sp³-hybridized carbons (Fsp3) is 0.571. The number of hydrogen-bond donors (Lipinski definition) is 3. The monoisotopic (exact) mass is 202 g/mol. The van der Waals surface area contributed by atoms with Crippen LogP contribution in [0.1, 0.15) is 0 Å². The molecule has 0 bridgehead atoms. The molecule has 0 fully saturated rings. The fourth-order valence-electron chi connectivity index (χ4n) is 0.618. The number of carbonyl (C=O) groups is 2. The number of guanidine groups is 1. The quantitative estimate of drug-likeness (QED) is 0.213. The summed E-state index contributed by atoms with van der Waals surface area (Å²) in [6.07, 6.45) is 0. The molecule has 0 saturated carbocycles. The molecule has 0 saturated heterocycles. The summed E-state index contributed by atoms with van der Waals surface area (Å²) in [7, 11) is 3.01. The van der Waals surface area contributed by atoms with Gasteiger partial charge in [-0.1, -0.05) is 0 Å². The zero-order valence-corrected chi connectivity index (χ0v) is 8.16. The van der Waals surface area contributed by atoms with E-state index < -0.39 is 11.9 Å². The molecule has 0 aliphatic heterocycles. The van der Waals surface area contributed by atoms with E-state index in [4.69, 9.17) is 11.1 Å². The number of nitrogens with two attached hydrogens (primary N) is 1. The molecule has 80 valence electrons. The van der Waals surface area contributed by atoms with Crippen LogP contribution in [0, 0.1) is 5.41 Å². The van der Waals surface area contributed by atoms with Gasteiger partial charge in [0.15, 0.2) is 5.96 Å². The van der Waals surface area contributed by atoms with Crippen LogP contribution in [-0.4, -0.2) is 50.0 Å². The third kappa shape index (κ3) is 5.09. The summed E-state index contributed by atoms with van der Waals surface area (Å²) in [6, 6.07) is 0. The Morgan fingerprint density at radius 1 is 1.50 bits per heavy atom. The van der Waals surface area contributed by atoms with E-state index in [1.807, 2.05) is 0 Å². The van der Waals surface area contributed by atoms with Crippen LogP contribution in [0.3, 0.4) is 0 Å².